The van der Waals surface area contributed by atoms with Gasteiger partial charge >= 0.3 is 11.9 Å². The molecular formula is C37H48O6. The van der Waals surface area contributed by atoms with Crippen molar-refractivity contribution in [2.75, 3.05) is 13.2 Å². The molecule has 3 aromatic rings. The van der Waals surface area contributed by atoms with Crippen LogP contribution >= 0.6 is 0 Å². The Morgan fingerprint density at radius 3 is 1.40 bits per heavy atom. The molecule has 0 fully saturated rings. The summed E-state index contributed by atoms with van der Waals surface area (Å²) >= 11 is 0. The van der Waals surface area contributed by atoms with Crippen molar-refractivity contribution >= 4 is 11.9 Å². The fourth-order valence-electron chi connectivity index (χ4n) is 4.62. The van der Waals surface area contributed by atoms with Crippen LogP contribution in [0.4, 0.5) is 0 Å². The molecule has 0 spiro atoms. The smallest absolute Gasteiger partial charge is 0.343 e. The summed E-state index contributed by atoms with van der Waals surface area (Å²) in [6.07, 6.45) is 14.4. The second kappa shape index (κ2) is 19.4. The van der Waals surface area contributed by atoms with Crippen molar-refractivity contribution in [3.8, 4) is 23.0 Å². The molecule has 0 aliphatic carbocycles. The first-order chi connectivity index (χ1) is 21.0. The van der Waals surface area contributed by atoms with Gasteiger partial charge in [-0.3, -0.25) is 0 Å². The Labute approximate surface area is 257 Å². The first-order valence-electron chi connectivity index (χ1n) is 16.0. The van der Waals surface area contributed by atoms with Crippen LogP contribution in [0.25, 0.3) is 0 Å². The Bertz CT molecular complexity index is 1230. The van der Waals surface area contributed by atoms with Crippen LogP contribution in [0.1, 0.15) is 117 Å². The third-order valence-corrected chi connectivity index (χ3v) is 7.22. The highest BCUT2D eigenvalue weighted by Crippen LogP contribution is 2.30. The molecule has 6 nitrogen and oxygen atoms in total. The van der Waals surface area contributed by atoms with Gasteiger partial charge in [0.2, 0.25) is 0 Å². The van der Waals surface area contributed by atoms with Crippen molar-refractivity contribution in [3.63, 3.8) is 0 Å². The molecule has 0 atom stereocenters. The summed E-state index contributed by atoms with van der Waals surface area (Å²) in [5.41, 5.74) is 1.62. The lowest BCUT2D eigenvalue weighted by atomic mass is 10.1. The highest BCUT2D eigenvalue weighted by Gasteiger charge is 2.17. The van der Waals surface area contributed by atoms with Crippen LogP contribution in [-0.4, -0.2) is 25.2 Å². The third kappa shape index (κ3) is 12.5. The number of unbranched alkanes of at least 4 members (excludes halogenated alkanes) is 10. The fourth-order valence-corrected chi connectivity index (χ4v) is 4.62. The van der Waals surface area contributed by atoms with Gasteiger partial charge in [0, 0.05) is 0 Å². The highest BCUT2D eigenvalue weighted by atomic mass is 16.6. The molecule has 0 aliphatic rings. The molecule has 0 N–H and O–H groups in total. The predicted octanol–water partition coefficient (Wildman–Crippen LogP) is 9.91. The first kappa shape index (κ1) is 33.7. The summed E-state index contributed by atoms with van der Waals surface area (Å²) in [5, 5.41) is 0. The topological polar surface area (TPSA) is 71.1 Å². The lowest BCUT2D eigenvalue weighted by molar-refractivity contribution is 0.0682. The Morgan fingerprint density at radius 2 is 0.930 bits per heavy atom. The van der Waals surface area contributed by atoms with Gasteiger partial charge in [0.1, 0.15) is 11.5 Å². The fraction of sp³-hybridized carbons (Fsp3) is 0.459. The van der Waals surface area contributed by atoms with E-state index in [1.54, 1.807) is 66.7 Å². The van der Waals surface area contributed by atoms with Crippen LogP contribution in [0, 0.1) is 6.92 Å². The first-order valence-corrected chi connectivity index (χ1v) is 16.0. The number of hydrogen-bond acceptors (Lipinski definition) is 6. The van der Waals surface area contributed by atoms with Crippen molar-refractivity contribution < 1.29 is 28.5 Å². The second-order valence-corrected chi connectivity index (χ2v) is 11.0. The minimum Gasteiger partial charge on any atom is -0.494 e. The monoisotopic (exact) mass is 588 g/mol. The van der Waals surface area contributed by atoms with Crippen LogP contribution in [-0.2, 0) is 0 Å². The standard InChI is InChI=1S/C37H48O6/c1-4-6-8-10-12-14-26-40-32-21-17-30(18-22-32)36(38)42-34-25-16-29(3)28-35(34)43-37(39)31-19-23-33(24-20-31)41-27-15-13-11-9-7-5-2/h16-25,28H,4-15,26-27H2,1-3H3. The van der Waals surface area contributed by atoms with Crippen LogP contribution < -0.4 is 18.9 Å². The third-order valence-electron chi connectivity index (χ3n) is 7.22. The van der Waals surface area contributed by atoms with E-state index in [4.69, 9.17) is 18.9 Å². The maximum absolute atomic E-state index is 12.9. The summed E-state index contributed by atoms with van der Waals surface area (Å²) < 4.78 is 22.9. The number of hydrogen-bond donors (Lipinski definition) is 0. The summed E-state index contributed by atoms with van der Waals surface area (Å²) in [5.74, 6) is 0.697. The molecular weight excluding hydrogens is 540 g/mol. The molecule has 0 aliphatic heterocycles. The molecule has 0 radical (unpaired) electrons. The maximum Gasteiger partial charge on any atom is 0.343 e. The van der Waals surface area contributed by atoms with Gasteiger partial charge in [0.15, 0.2) is 11.5 Å². The lowest BCUT2D eigenvalue weighted by Crippen LogP contribution is -2.13. The molecule has 3 aromatic carbocycles. The molecule has 0 unspecified atom stereocenters. The van der Waals surface area contributed by atoms with E-state index < -0.39 is 11.9 Å². The summed E-state index contributed by atoms with van der Waals surface area (Å²) in [6.45, 7) is 7.62. The highest BCUT2D eigenvalue weighted by molar-refractivity contribution is 5.93. The molecule has 3 rings (SSSR count). The number of aryl methyl sites for hydroxylation is 1. The number of ether oxygens (including phenoxy) is 4. The number of benzene rings is 3. The van der Waals surface area contributed by atoms with E-state index in [1.165, 1.54) is 51.4 Å². The number of carbonyl (C=O) groups is 2. The van der Waals surface area contributed by atoms with E-state index in [0.29, 0.717) is 35.8 Å². The number of rotatable bonds is 20. The Kier molecular flexibility index (Phi) is 15.2. The average Bonchev–Trinajstić information content (AvgIpc) is 3.02. The average molecular weight is 589 g/mol. The molecule has 232 valence electrons. The van der Waals surface area contributed by atoms with Crippen LogP contribution in [0.2, 0.25) is 0 Å². The van der Waals surface area contributed by atoms with Crippen LogP contribution in [0.5, 0.6) is 23.0 Å². The van der Waals surface area contributed by atoms with E-state index in [2.05, 4.69) is 13.8 Å². The van der Waals surface area contributed by atoms with Crippen molar-refractivity contribution in [2.24, 2.45) is 0 Å². The van der Waals surface area contributed by atoms with Crippen molar-refractivity contribution in [1.82, 2.24) is 0 Å². The van der Waals surface area contributed by atoms with Gasteiger partial charge in [-0.25, -0.2) is 9.59 Å². The number of carbonyl (C=O) groups excluding carboxylic acids is 2. The molecule has 0 saturated heterocycles. The Balaban J connectivity index is 1.49. The summed E-state index contributed by atoms with van der Waals surface area (Å²) in [7, 11) is 0. The van der Waals surface area contributed by atoms with E-state index >= 15 is 0 Å². The predicted molar refractivity (Wildman–Crippen MR) is 172 cm³/mol. The van der Waals surface area contributed by atoms with Crippen molar-refractivity contribution in [2.45, 2.75) is 97.8 Å². The van der Waals surface area contributed by atoms with Crippen molar-refractivity contribution in [1.29, 1.82) is 0 Å². The molecule has 0 amide bonds. The second-order valence-electron chi connectivity index (χ2n) is 11.0. The molecule has 43 heavy (non-hydrogen) atoms. The zero-order chi connectivity index (χ0) is 30.7. The molecule has 6 heteroatoms. The van der Waals surface area contributed by atoms with E-state index in [1.807, 2.05) is 6.92 Å². The Hall–Kier alpha value is -3.80. The van der Waals surface area contributed by atoms with E-state index in [0.717, 1.165) is 31.2 Å². The summed E-state index contributed by atoms with van der Waals surface area (Å²) in [6, 6.07) is 18.9. The largest absolute Gasteiger partial charge is 0.494 e. The van der Waals surface area contributed by atoms with Gasteiger partial charge in [-0.15, -0.1) is 0 Å². The molecule has 0 saturated carbocycles. The normalized spacial score (nSPS) is 10.8. The zero-order valence-corrected chi connectivity index (χ0v) is 26.2. The zero-order valence-electron chi connectivity index (χ0n) is 26.2. The minimum absolute atomic E-state index is 0.172. The molecule has 0 bridgehead atoms. The SMILES string of the molecule is CCCCCCCCOc1ccc(C(=O)Oc2ccc(C)cc2OC(=O)c2ccc(OCCCCCCCC)cc2)cc1. The van der Waals surface area contributed by atoms with Gasteiger partial charge in [-0.1, -0.05) is 84.1 Å². The maximum atomic E-state index is 12.9. The van der Waals surface area contributed by atoms with Gasteiger partial charge in [0.25, 0.3) is 0 Å². The van der Waals surface area contributed by atoms with Crippen LogP contribution in [0.3, 0.4) is 0 Å². The van der Waals surface area contributed by atoms with Gasteiger partial charge in [-0.05, 0) is 86.0 Å². The van der Waals surface area contributed by atoms with E-state index in [9.17, 15) is 9.59 Å². The van der Waals surface area contributed by atoms with Gasteiger partial charge < -0.3 is 18.9 Å². The molecule has 0 aromatic heterocycles. The van der Waals surface area contributed by atoms with Crippen molar-refractivity contribution in [3.05, 3.63) is 83.4 Å². The van der Waals surface area contributed by atoms with E-state index in [-0.39, 0.29) is 11.5 Å². The van der Waals surface area contributed by atoms with Crippen LogP contribution in [0.15, 0.2) is 66.7 Å². The number of esters is 2. The van der Waals surface area contributed by atoms with Gasteiger partial charge in [0.05, 0.1) is 24.3 Å². The van der Waals surface area contributed by atoms with Gasteiger partial charge in [-0.2, -0.15) is 0 Å². The summed E-state index contributed by atoms with van der Waals surface area (Å²) in [4.78, 5) is 25.8. The Morgan fingerprint density at radius 1 is 0.512 bits per heavy atom. The quantitative estimate of drug-likeness (QED) is 0.0743. The molecule has 0 heterocycles. The minimum atomic E-state index is -0.546. The lowest BCUT2D eigenvalue weighted by Gasteiger charge is -2.12.